The van der Waals surface area contributed by atoms with E-state index in [1.54, 1.807) is 13.8 Å². The van der Waals surface area contributed by atoms with E-state index < -0.39 is 17.3 Å². The number of ketones is 1. The molecule has 0 bridgehead atoms. The van der Waals surface area contributed by atoms with E-state index >= 15 is 0 Å². The van der Waals surface area contributed by atoms with E-state index in [1.807, 2.05) is 0 Å². The largest absolute Gasteiger partial charge is 0.416 e. The van der Waals surface area contributed by atoms with E-state index in [0.717, 1.165) is 44.5 Å². The number of hydrogen-bond acceptors (Lipinski definition) is 2. The van der Waals surface area contributed by atoms with Crippen LogP contribution in [0.3, 0.4) is 0 Å². The van der Waals surface area contributed by atoms with Crippen molar-refractivity contribution in [2.45, 2.75) is 44.8 Å². The van der Waals surface area contributed by atoms with Gasteiger partial charge in [-0.2, -0.15) is 13.2 Å². The van der Waals surface area contributed by atoms with Gasteiger partial charge in [0.25, 0.3) is 0 Å². The van der Waals surface area contributed by atoms with Crippen molar-refractivity contribution in [3.05, 3.63) is 35.4 Å². The number of benzene rings is 1. The van der Waals surface area contributed by atoms with Crippen LogP contribution in [0.15, 0.2) is 24.3 Å². The summed E-state index contributed by atoms with van der Waals surface area (Å²) in [4.78, 5) is 14.7. The fourth-order valence-electron chi connectivity index (χ4n) is 2.79. The van der Waals surface area contributed by atoms with Gasteiger partial charge in [-0.15, -0.1) is 0 Å². The van der Waals surface area contributed by atoms with Crippen LogP contribution >= 0.6 is 0 Å². The van der Waals surface area contributed by atoms with Crippen LogP contribution in [0.25, 0.3) is 0 Å². The predicted molar refractivity (Wildman–Crippen MR) is 75.3 cm³/mol. The lowest BCUT2D eigenvalue weighted by Gasteiger charge is -2.39. The zero-order valence-electron chi connectivity index (χ0n) is 12.3. The maximum absolute atomic E-state index is 12.8. The van der Waals surface area contributed by atoms with Gasteiger partial charge in [0.05, 0.1) is 11.1 Å². The van der Waals surface area contributed by atoms with E-state index in [9.17, 15) is 18.0 Å². The van der Waals surface area contributed by atoms with Crippen LogP contribution < -0.4 is 0 Å². The van der Waals surface area contributed by atoms with Crippen LogP contribution in [0.1, 0.15) is 49.0 Å². The van der Waals surface area contributed by atoms with Gasteiger partial charge in [-0.05, 0) is 51.9 Å². The molecular weight excluding hydrogens is 279 g/mol. The van der Waals surface area contributed by atoms with Crippen molar-refractivity contribution in [2.75, 3.05) is 13.1 Å². The van der Waals surface area contributed by atoms with E-state index in [-0.39, 0.29) is 11.3 Å². The molecule has 2 nitrogen and oxygen atoms in total. The molecule has 0 atom stereocenters. The summed E-state index contributed by atoms with van der Waals surface area (Å²) < 4.78 is 38.3. The molecule has 0 aromatic heterocycles. The Bertz CT molecular complexity index is 516. The third kappa shape index (κ3) is 3.46. The first kappa shape index (κ1) is 16.0. The van der Waals surface area contributed by atoms with E-state index in [4.69, 9.17) is 0 Å². The smallest absolute Gasteiger partial charge is 0.292 e. The lowest BCUT2D eigenvalue weighted by Crippen LogP contribution is -2.52. The SMILES string of the molecule is CC(C)(C(=O)c1cccc(C(F)(F)F)c1)N1CCCCC1. The summed E-state index contributed by atoms with van der Waals surface area (Å²) in [5.41, 5.74) is -1.42. The Morgan fingerprint density at radius 1 is 1.10 bits per heavy atom. The number of carbonyl (C=O) groups excluding carboxylic acids is 1. The molecule has 116 valence electrons. The van der Waals surface area contributed by atoms with Gasteiger partial charge < -0.3 is 0 Å². The number of alkyl halides is 3. The molecule has 0 N–H and O–H groups in total. The molecule has 0 unspecified atom stereocenters. The Morgan fingerprint density at radius 2 is 1.71 bits per heavy atom. The minimum Gasteiger partial charge on any atom is -0.292 e. The molecule has 1 aromatic rings. The summed E-state index contributed by atoms with van der Waals surface area (Å²) in [7, 11) is 0. The van der Waals surface area contributed by atoms with Crippen LogP contribution in [-0.4, -0.2) is 29.3 Å². The van der Waals surface area contributed by atoms with Crippen LogP contribution in [0, 0.1) is 0 Å². The van der Waals surface area contributed by atoms with Crippen molar-refractivity contribution in [3.8, 4) is 0 Å². The number of nitrogens with zero attached hydrogens (tertiary/aromatic N) is 1. The molecule has 0 saturated carbocycles. The molecule has 2 rings (SSSR count). The highest BCUT2D eigenvalue weighted by atomic mass is 19.4. The second-order valence-electron chi connectivity index (χ2n) is 6.01. The minimum absolute atomic E-state index is 0.125. The topological polar surface area (TPSA) is 20.3 Å². The number of hydrogen-bond donors (Lipinski definition) is 0. The number of carbonyl (C=O) groups is 1. The molecule has 1 aliphatic rings. The predicted octanol–water partition coefficient (Wildman–Crippen LogP) is 4.15. The van der Waals surface area contributed by atoms with Crippen molar-refractivity contribution >= 4 is 5.78 Å². The highest BCUT2D eigenvalue weighted by molar-refractivity contribution is 6.02. The average molecular weight is 299 g/mol. The monoisotopic (exact) mass is 299 g/mol. The molecule has 0 radical (unpaired) electrons. The fourth-order valence-corrected chi connectivity index (χ4v) is 2.79. The first-order valence-corrected chi connectivity index (χ1v) is 7.20. The zero-order valence-corrected chi connectivity index (χ0v) is 12.3. The molecule has 0 amide bonds. The summed E-state index contributed by atoms with van der Waals surface area (Å²) in [5, 5.41) is 0. The first-order valence-electron chi connectivity index (χ1n) is 7.20. The zero-order chi connectivity index (χ0) is 15.7. The second-order valence-corrected chi connectivity index (χ2v) is 6.01. The quantitative estimate of drug-likeness (QED) is 0.781. The van der Waals surface area contributed by atoms with Crippen LogP contribution in [0.5, 0.6) is 0 Å². The molecule has 1 fully saturated rings. The Kier molecular flexibility index (Phi) is 4.42. The van der Waals surface area contributed by atoms with Crippen LogP contribution in [0.4, 0.5) is 13.2 Å². The van der Waals surface area contributed by atoms with Gasteiger partial charge in [0.1, 0.15) is 0 Å². The number of Topliss-reactive ketones (excluding diaryl/α,β-unsaturated/α-hetero) is 1. The van der Waals surface area contributed by atoms with Crippen molar-refractivity contribution in [1.82, 2.24) is 4.90 Å². The molecule has 1 heterocycles. The third-order valence-corrected chi connectivity index (χ3v) is 4.15. The van der Waals surface area contributed by atoms with Crippen molar-refractivity contribution in [3.63, 3.8) is 0 Å². The van der Waals surface area contributed by atoms with Gasteiger partial charge >= 0.3 is 6.18 Å². The van der Waals surface area contributed by atoms with Gasteiger partial charge in [-0.1, -0.05) is 18.6 Å². The summed E-state index contributed by atoms with van der Waals surface area (Å²) in [5.74, 6) is -0.254. The standard InChI is InChI=1S/C16H20F3NO/c1-15(2,20-9-4-3-5-10-20)14(21)12-7-6-8-13(11-12)16(17,18)19/h6-8,11H,3-5,9-10H2,1-2H3. The van der Waals surface area contributed by atoms with Crippen molar-refractivity contribution in [1.29, 1.82) is 0 Å². The lowest BCUT2D eigenvalue weighted by molar-refractivity contribution is -0.137. The highest BCUT2D eigenvalue weighted by Crippen LogP contribution is 2.31. The van der Waals surface area contributed by atoms with Gasteiger partial charge in [0, 0.05) is 5.56 Å². The Hall–Kier alpha value is -1.36. The summed E-state index contributed by atoms with van der Waals surface area (Å²) >= 11 is 0. The lowest BCUT2D eigenvalue weighted by atomic mass is 9.89. The first-order chi connectivity index (χ1) is 9.73. The molecule has 5 heteroatoms. The normalized spacial score (nSPS) is 17.8. The molecule has 1 saturated heterocycles. The molecule has 21 heavy (non-hydrogen) atoms. The van der Waals surface area contributed by atoms with Gasteiger partial charge in [0.15, 0.2) is 5.78 Å². The minimum atomic E-state index is -4.43. The maximum atomic E-state index is 12.8. The number of halogens is 3. The van der Waals surface area contributed by atoms with E-state index in [2.05, 4.69) is 4.90 Å². The second kappa shape index (κ2) is 5.79. The molecule has 0 spiro atoms. The van der Waals surface area contributed by atoms with E-state index in [0.29, 0.717) is 0 Å². The molecule has 1 aromatic carbocycles. The van der Waals surface area contributed by atoms with Crippen LogP contribution in [-0.2, 0) is 6.18 Å². The van der Waals surface area contributed by atoms with Crippen molar-refractivity contribution in [2.24, 2.45) is 0 Å². The third-order valence-electron chi connectivity index (χ3n) is 4.15. The fraction of sp³-hybridized carbons (Fsp3) is 0.562. The summed E-state index contributed by atoms with van der Waals surface area (Å²) in [6.07, 6.45) is -1.23. The van der Waals surface area contributed by atoms with Gasteiger partial charge in [0.2, 0.25) is 0 Å². The number of rotatable bonds is 3. The summed E-state index contributed by atoms with van der Waals surface area (Å²) in [6, 6.07) is 4.70. The van der Waals surface area contributed by atoms with Gasteiger partial charge in [-0.3, -0.25) is 9.69 Å². The summed E-state index contributed by atoms with van der Waals surface area (Å²) in [6.45, 7) is 5.22. The molecule has 1 aliphatic heterocycles. The Morgan fingerprint density at radius 3 is 2.29 bits per heavy atom. The maximum Gasteiger partial charge on any atom is 0.416 e. The molecular formula is C16H20F3NO. The number of piperidine rings is 1. The van der Waals surface area contributed by atoms with Crippen molar-refractivity contribution < 1.29 is 18.0 Å². The van der Waals surface area contributed by atoms with Crippen LogP contribution in [0.2, 0.25) is 0 Å². The van der Waals surface area contributed by atoms with Gasteiger partial charge in [-0.25, -0.2) is 0 Å². The average Bonchev–Trinajstić information content (AvgIpc) is 2.46. The highest BCUT2D eigenvalue weighted by Gasteiger charge is 2.37. The number of likely N-dealkylation sites (tertiary alicyclic amines) is 1. The Labute approximate surface area is 122 Å². The molecule has 0 aliphatic carbocycles. The Balaban J connectivity index is 2.26. The van der Waals surface area contributed by atoms with E-state index in [1.165, 1.54) is 12.1 Å².